The molecule has 0 bridgehead atoms. The summed E-state index contributed by atoms with van der Waals surface area (Å²) in [5, 5.41) is 4.19. The number of hydrogen-bond acceptors (Lipinski definition) is 5. The molecule has 0 saturated carbocycles. The lowest BCUT2D eigenvalue weighted by Crippen LogP contribution is -2.32. The smallest absolute Gasteiger partial charge is 0.161 e. The fourth-order valence-electron chi connectivity index (χ4n) is 1.62. The molecule has 0 aliphatic carbocycles. The third-order valence-electron chi connectivity index (χ3n) is 2.55. The minimum atomic E-state index is -0.101. The molecule has 100 valence electrons. The van der Waals surface area contributed by atoms with Gasteiger partial charge in [0.2, 0.25) is 0 Å². The second-order valence-electron chi connectivity index (χ2n) is 5.14. The Hall–Kier alpha value is -1.79. The van der Waals surface area contributed by atoms with Crippen LogP contribution in [-0.4, -0.2) is 15.4 Å². The van der Waals surface area contributed by atoms with Crippen LogP contribution < -0.4 is 11.3 Å². The average molecular weight is 275 g/mol. The van der Waals surface area contributed by atoms with Gasteiger partial charge in [-0.1, -0.05) is 43.5 Å². The van der Waals surface area contributed by atoms with Gasteiger partial charge >= 0.3 is 0 Å². The SMILES string of the molecule is CC(C)(C)c1nnsc1C(=Nc1ccccc1)NN. The first-order valence-corrected chi connectivity index (χ1v) is 6.73. The van der Waals surface area contributed by atoms with Crippen LogP contribution in [0.25, 0.3) is 0 Å². The summed E-state index contributed by atoms with van der Waals surface area (Å²) in [7, 11) is 0. The molecular weight excluding hydrogens is 258 g/mol. The van der Waals surface area contributed by atoms with E-state index in [2.05, 4.69) is 40.8 Å². The Morgan fingerprint density at radius 2 is 1.95 bits per heavy atom. The number of para-hydroxylation sites is 1. The van der Waals surface area contributed by atoms with E-state index in [0.29, 0.717) is 5.84 Å². The van der Waals surface area contributed by atoms with Crippen molar-refractivity contribution in [2.75, 3.05) is 0 Å². The Balaban J connectivity index is 2.44. The highest BCUT2D eigenvalue weighted by atomic mass is 32.1. The highest BCUT2D eigenvalue weighted by Crippen LogP contribution is 2.26. The minimum absolute atomic E-state index is 0.101. The van der Waals surface area contributed by atoms with Gasteiger partial charge in [-0.05, 0) is 23.7 Å². The third kappa shape index (κ3) is 3.15. The monoisotopic (exact) mass is 275 g/mol. The van der Waals surface area contributed by atoms with Crippen molar-refractivity contribution in [2.24, 2.45) is 10.8 Å². The van der Waals surface area contributed by atoms with Crippen molar-refractivity contribution in [3.8, 4) is 0 Å². The molecule has 3 N–H and O–H groups in total. The summed E-state index contributed by atoms with van der Waals surface area (Å²) in [5.74, 6) is 6.18. The van der Waals surface area contributed by atoms with Gasteiger partial charge < -0.3 is 5.43 Å². The van der Waals surface area contributed by atoms with E-state index in [1.165, 1.54) is 11.5 Å². The first-order valence-electron chi connectivity index (χ1n) is 5.96. The maximum Gasteiger partial charge on any atom is 0.161 e. The number of rotatable bonds is 2. The van der Waals surface area contributed by atoms with Gasteiger partial charge in [0.15, 0.2) is 5.84 Å². The molecule has 19 heavy (non-hydrogen) atoms. The lowest BCUT2D eigenvalue weighted by atomic mass is 9.91. The number of amidine groups is 1. The standard InChI is InChI=1S/C13H17N5S/c1-13(2,3)11-10(19-18-17-11)12(16-14)15-9-7-5-4-6-8-9/h4-8H,14H2,1-3H3,(H,15,16). The van der Waals surface area contributed by atoms with Gasteiger partial charge in [0, 0.05) is 5.41 Å². The molecule has 5 nitrogen and oxygen atoms in total. The van der Waals surface area contributed by atoms with Crippen molar-refractivity contribution in [3.63, 3.8) is 0 Å². The van der Waals surface area contributed by atoms with Crippen LogP contribution in [0.15, 0.2) is 35.3 Å². The molecule has 0 unspecified atom stereocenters. The van der Waals surface area contributed by atoms with E-state index in [9.17, 15) is 0 Å². The van der Waals surface area contributed by atoms with Gasteiger partial charge in [0.05, 0.1) is 11.4 Å². The molecule has 6 heteroatoms. The number of nitrogens with zero attached hydrogens (tertiary/aromatic N) is 3. The van der Waals surface area contributed by atoms with Crippen LogP contribution in [0.2, 0.25) is 0 Å². The highest BCUT2D eigenvalue weighted by Gasteiger charge is 2.24. The number of aliphatic imine (C=N–C) groups is 1. The molecule has 2 aromatic rings. The second-order valence-corrected chi connectivity index (χ2v) is 5.90. The van der Waals surface area contributed by atoms with E-state index < -0.39 is 0 Å². The van der Waals surface area contributed by atoms with Gasteiger partial charge in [-0.15, -0.1) is 5.10 Å². The molecule has 1 aromatic heterocycles. The summed E-state index contributed by atoms with van der Waals surface area (Å²) in [4.78, 5) is 5.38. The molecule has 0 spiro atoms. The topological polar surface area (TPSA) is 76.2 Å². The lowest BCUT2D eigenvalue weighted by molar-refractivity contribution is 0.565. The molecule has 0 saturated heterocycles. The normalized spacial score (nSPS) is 12.5. The van der Waals surface area contributed by atoms with Crippen LogP contribution in [0.3, 0.4) is 0 Å². The van der Waals surface area contributed by atoms with Crippen LogP contribution in [0, 0.1) is 0 Å². The van der Waals surface area contributed by atoms with Crippen molar-refractivity contribution in [1.29, 1.82) is 0 Å². The summed E-state index contributed by atoms with van der Waals surface area (Å²) >= 11 is 1.29. The Kier molecular flexibility index (Phi) is 3.92. The zero-order chi connectivity index (χ0) is 13.9. The minimum Gasteiger partial charge on any atom is -0.307 e. The van der Waals surface area contributed by atoms with Gasteiger partial charge in [-0.2, -0.15) is 0 Å². The molecule has 0 atom stereocenters. The third-order valence-corrected chi connectivity index (χ3v) is 3.28. The Bertz CT molecular complexity index is 568. The van der Waals surface area contributed by atoms with E-state index in [-0.39, 0.29) is 5.41 Å². The van der Waals surface area contributed by atoms with E-state index in [0.717, 1.165) is 16.3 Å². The molecule has 1 aromatic carbocycles. The van der Waals surface area contributed by atoms with Gasteiger partial charge in [0.1, 0.15) is 4.88 Å². The average Bonchev–Trinajstić information content (AvgIpc) is 2.86. The molecule has 0 aliphatic heterocycles. The van der Waals surface area contributed by atoms with Gasteiger partial charge in [0.25, 0.3) is 0 Å². The number of nitrogens with one attached hydrogen (secondary N) is 1. The summed E-state index contributed by atoms with van der Waals surface area (Å²) in [6, 6.07) is 9.65. The predicted octanol–water partition coefficient (Wildman–Crippen LogP) is 2.38. The van der Waals surface area contributed by atoms with Crippen LogP contribution >= 0.6 is 11.5 Å². The van der Waals surface area contributed by atoms with Crippen molar-refractivity contribution >= 4 is 23.1 Å². The van der Waals surface area contributed by atoms with E-state index in [1.54, 1.807) is 0 Å². The maximum absolute atomic E-state index is 5.59. The highest BCUT2D eigenvalue weighted by molar-refractivity contribution is 7.08. The molecule has 0 radical (unpaired) electrons. The zero-order valence-corrected chi connectivity index (χ0v) is 12.0. The molecule has 0 amide bonds. The summed E-state index contributed by atoms with van der Waals surface area (Å²) < 4.78 is 4.01. The Morgan fingerprint density at radius 3 is 2.53 bits per heavy atom. The van der Waals surface area contributed by atoms with Crippen LogP contribution in [-0.2, 0) is 5.41 Å². The van der Waals surface area contributed by atoms with Crippen molar-refractivity contribution in [1.82, 2.24) is 15.0 Å². The quantitative estimate of drug-likeness (QED) is 0.382. The van der Waals surface area contributed by atoms with Gasteiger partial charge in [-0.25, -0.2) is 10.8 Å². The van der Waals surface area contributed by atoms with Crippen LogP contribution in [0.1, 0.15) is 31.3 Å². The largest absolute Gasteiger partial charge is 0.307 e. The van der Waals surface area contributed by atoms with Crippen LogP contribution in [0.4, 0.5) is 5.69 Å². The lowest BCUT2D eigenvalue weighted by Gasteiger charge is -2.16. The van der Waals surface area contributed by atoms with Crippen molar-refractivity contribution < 1.29 is 0 Å². The first kappa shape index (κ1) is 13.6. The summed E-state index contributed by atoms with van der Waals surface area (Å²) in [6.07, 6.45) is 0. The van der Waals surface area contributed by atoms with Crippen molar-refractivity contribution in [2.45, 2.75) is 26.2 Å². The second kappa shape index (κ2) is 5.46. The first-order chi connectivity index (χ1) is 9.02. The predicted molar refractivity (Wildman–Crippen MR) is 78.6 cm³/mol. The van der Waals surface area contributed by atoms with Crippen molar-refractivity contribution in [3.05, 3.63) is 40.9 Å². The molecule has 2 rings (SSSR count). The maximum atomic E-state index is 5.59. The van der Waals surface area contributed by atoms with E-state index >= 15 is 0 Å². The number of benzene rings is 1. The summed E-state index contributed by atoms with van der Waals surface area (Å²) in [6.45, 7) is 6.26. The number of hydrogen-bond donors (Lipinski definition) is 2. The molecule has 0 fully saturated rings. The zero-order valence-electron chi connectivity index (χ0n) is 11.2. The number of aromatic nitrogens is 2. The fraction of sp³-hybridized carbons (Fsp3) is 0.308. The molecular formula is C13H17N5S. The molecule has 1 heterocycles. The van der Waals surface area contributed by atoms with E-state index in [4.69, 9.17) is 5.84 Å². The van der Waals surface area contributed by atoms with Gasteiger partial charge in [-0.3, -0.25) is 0 Å². The van der Waals surface area contributed by atoms with Crippen LogP contribution in [0.5, 0.6) is 0 Å². The molecule has 0 aliphatic rings. The Labute approximate surface area is 116 Å². The Morgan fingerprint density at radius 1 is 1.26 bits per heavy atom. The number of nitrogens with two attached hydrogens (primary N) is 1. The summed E-state index contributed by atoms with van der Waals surface area (Å²) in [5.41, 5.74) is 4.28. The van der Waals surface area contributed by atoms with E-state index in [1.807, 2.05) is 30.3 Å². The fourth-order valence-corrected chi connectivity index (χ4v) is 2.45. The number of hydrazine groups is 1.